The molecule has 1 amide bonds. The Morgan fingerprint density at radius 2 is 2.00 bits per heavy atom. The van der Waals surface area contributed by atoms with E-state index in [-0.39, 0.29) is 18.3 Å². The van der Waals surface area contributed by atoms with Crippen molar-refractivity contribution < 1.29 is 4.79 Å². The summed E-state index contributed by atoms with van der Waals surface area (Å²) in [6.45, 7) is 3.60. The fourth-order valence-electron chi connectivity index (χ4n) is 2.56. The molecule has 1 aliphatic carbocycles. The van der Waals surface area contributed by atoms with Gasteiger partial charge in [0.05, 0.1) is 0 Å². The van der Waals surface area contributed by atoms with Crippen molar-refractivity contribution in [1.82, 2.24) is 5.32 Å². The molecule has 3 N–H and O–H groups in total. The van der Waals surface area contributed by atoms with Crippen molar-refractivity contribution in [2.24, 2.45) is 17.6 Å². The molecule has 1 fully saturated rings. The number of nitrogens with two attached hydrogens (primary N) is 1. The minimum atomic E-state index is 0. The number of carbonyl (C=O) groups is 1. The molecule has 1 aliphatic rings. The number of halogens is 1. The Bertz CT molecular complexity index is 206. The summed E-state index contributed by atoms with van der Waals surface area (Å²) in [6, 6.07) is 0. The van der Waals surface area contributed by atoms with E-state index >= 15 is 0 Å². The lowest BCUT2D eigenvalue weighted by atomic mass is 9.79. The standard InChI is InChI=1S/C13H26N2O.ClH/c1-11(12-6-3-2-4-7-12)10-13(16)15-9-5-8-14;/h11-12H,2-10,14H2,1H3,(H,15,16);1H. The first-order valence-corrected chi connectivity index (χ1v) is 6.70. The Balaban J connectivity index is 0.00000256. The van der Waals surface area contributed by atoms with Crippen LogP contribution in [0.4, 0.5) is 0 Å². The third-order valence-corrected chi connectivity index (χ3v) is 3.67. The van der Waals surface area contributed by atoms with Gasteiger partial charge < -0.3 is 11.1 Å². The third-order valence-electron chi connectivity index (χ3n) is 3.67. The van der Waals surface area contributed by atoms with Gasteiger partial charge in [0.1, 0.15) is 0 Å². The van der Waals surface area contributed by atoms with E-state index in [1.165, 1.54) is 32.1 Å². The van der Waals surface area contributed by atoms with Crippen LogP contribution < -0.4 is 11.1 Å². The first-order valence-electron chi connectivity index (χ1n) is 6.70. The molecule has 4 heteroatoms. The molecule has 0 saturated heterocycles. The van der Waals surface area contributed by atoms with Gasteiger partial charge in [-0.3, -0.25) is 4.79 Å². The van der Waals surface area contributed by atoms with Crippen LogP contribution in [0, 0.1) is 11.8 Å². The van der Waals surface area contributed by atoms with Crippen LogP contribution in [0.5, 0.6) is 0 Å². The molecule has 1 saturated carbocycles. The highest BCUT2D eigenvalue weighted by atomic mass is 35.5. The zero-order valence-corrected chi connectivity index (χ0v) is 11.7. The van der Waals surface area contributed by atoms with Crippen LogP contribution in [0.1, 0.15) is 51.9 Å². The van der Waals surface area contributed by atoms with Crippen LogP contribution >= 0.6 is 12.4 Å². The van der Waals surface area contributed by atoms with E-state index in [0.29, 0.717) is 18.9 Å². The predicted octanol–water partition coefficient (Wildman–Crippen LogP) is 2.48. The molecule has 3 nitrogen and oxygen atoms in total. The Hall–Kier alpha value is -0.280. The number of nitrogens with one attached hydrogen (secondary N) is 1. The average molecular weight is 263 g/mol. The molecule has 0 aliphatic heterocycles. The molecule has 17 heavy (non-hydrogen) atoms. The van der Waals surface area contributed by atoms with Gasteiger partial charge in [-0.25, -0.2) is 0 Å². The second kappa shape index (κ2) is 9.72. The molecule has 0 radical (unpaired) electrons. The van der Waals surface area contributed by atoms with Crippen molar-refractivity contribution in [2.45, 2.75) is 51.9 Å². The monoisotopic (exact) mass is 262 g/mol. The lowest BCUT2D eigenvalue weighted by Crippen LogP contribution is -2.29. The zero-order valence-electron chi connectivity index (χ0n) is 10.9. The molecule has 102 valence electrons. The van der Waals surface area contributed by atoms with Gasteiger partial charge in [0.25, 0.3) is 0 Å². The second-order valence-electron chi connectivity index (χ2n) is 5.07. The summed E-state index contributed by atoms with van der Waals surface area (Å²) in [5.74, 6) is 1.51. The van der Waals surface area contributed by atoms with Crippen LogP contribution in [0.15, 0.2) is 0 Å². The van der Waals surface area contributed by atoms with E-state index < -0.39 is 0 Å². The molecule has 0 spiro atoms. The second-order valence-corrected chi connectivity index (χ2v) is 5.07. The van der Waals surface area contributed by atoms with Gasteiger partial charge in [0, 0.05) is 13.0 Å². The maximum absolute atomic E-state index is 11.6. The maximum Gasteiger partial charge on any atom is 0.220 e. The normalized spacial score (nSPS) is 18.2. The van der Waals surface area contributed by atoms with Crippen LogP contribution in [0.25, 0.3) is 0 Å². The summed E-state index contributed by atoms with van der Waals surface area (Å²) in [5.41, 5.74) is 5.38. The van der Waals surface area contributed by atoms with Crippen LogP contribution in [0.2, 0.25) is 0 Å². The predicted molar refractivity (Wildman–Crippen MR) is 74.3 cm³/mol. The van der Waals surface area contributed by atoms with E-state index in [4.69, 9.17) is 5.73 Å². The summed E-state index contributed by atoms with van der Waals surface area (Å²) in [7, 11) is 0. The molecule has 0 bridgehead atoms. The first kappa shape index (κ1) is 16.7. The van der Waals surface area contributed by atoms with E-state index in [1.54, 1.807) is 0 Å². The number of carbonyl (C=O) groups excluding carboxylic acids is 1. The molecule has 0 aromatic carbocycles. The molecule has 0 aromatic rings. The van der Waals surface area contributed by atoms with Gasteiger partial charge >= 0.3 is 0 Å². The molecule has 1 rings (SSSR count). The topological polar surface area (TPSA) is 55.1 Å². The summed E-state index contributed by atoms with van der Waals surface area (Å²) in [4.78, 5) is 11.6. The number of hydrogen-bond donors (Lipinski definition) is 2. The maximum atomic E-state index is 11.6. The summed E-state index contributed by atoms with van der Waals surface area (Å²) < 4.78 is 0. The quantitative estimate of drug-likeness (QED) is 0.723. The van der Waals surface area contributed by atoms with Crippen LogP contribution in [-0.4, -0.2) is 19.0 Å². The van der Waals surface area contributed by atoms with E-state index in [0.717, 1.165) is 18.9 Å². The highest BCUT2D eigenvalue weighted by Crippen LogP contribution is 2.31. The average Bonchev–Trinajstić information content (AvgIpc) is 2.30. The molecule has 1 unspecified atom stereocenters. The van der Waals surface area contributed by atoms with Gasteiger partial charge in [-0.2, -0.15) is 0 Å². The van der Waals surface area contributed by atoms with Crippen molar-refractivity contribution in [1.29, 1.82) is 0 Å². The Morgan fingerprint density at radius 1 is 1.35 bits per heavy atom. The largest absolute Gasteiger partial charge is 0.356 e. The van der Waals surface area contributed by atoms with Gasteiger partial charge in [-0.1, -0.05) is 39.0 Å². The van der Waals surface area contributed by atoms with Crippen LogP contribution in [0.3, 0.4) is 0 Å². The van der Waals surface area contributed by atoms with Crippen molar-refractivity contribution in [3.8, 4) is 0 Å². The Labute approximate surface area is 111 Å². The fraction of sp³-hybridized carbons (Fsp3) is 0.923. The van der Waals surface area contributed by atoms with E-state index in [1.807, 2.05) is 0 Å². The molecule has 0 aromatic heterocycles. The van der Waals surface area contributed by atoms with Crippen LogP contribution in [-0.2, 0) is 4.79 Å². The highest BCUT2D eigenvalue weighted by Gasteiger charge is 2.21. The van der Waals surface area contributed by atoms with Crippen molar-refractivity contribution >= 4 is 18.3 Å². The molecule has 0 heterocycles. The minimum absolute atomic E-state index is 0. The molecule has 1 atom stereocenters. The SMILES string of the molecule is CC(CC(=O)NCCCN)C1CCCCC1.Cl. The summed E-state index contributed by atoms with van der Waals surface area (Å²) in [6.07, 6.45) is 8.28. The van der Waals surface area contributed by atoms with Crippen molar-refractivity contribution in [3.63, 3.8) is 0 Å². The lowest BCUT2D eigenvalue weighted by Gasteiger charge is -2.27. The number of rotatable bonds is 6. The Kier molecular flexibility index (Phi) is 9.56. The zero-order chi connectivity index (χ0) is 11.8. The Morgan fingerprint density at radius 3 is 2.59 bits per heavy atom. The van der Waals surface area contributed by atoms with Crippen molar-refractivity contribution in [2.75, 3.05) is 13.1 Å². The van der Waals surface area contributed by atoms with E-state index in [2.05, 4.69) is 12.2 Å². The van der Waals surface area contributed by atoms with Gasteiger partial charge in [0.15, 0.2) is 0 Å². The summed E-state index contributed by atoms with van der Waals surface area (Å²) in [5, 5.41) is 2.93. The number of hydrogen-bond acceptors (Lipinski definition) is 2. The van der Waals surface area contributed by atoms with Gasteiger partial charge in [-0.15, -0.1) is 12.4 Å². The van der Waals surface area contributed by atoms with Gasteiger partial charge in [0.2, 0.25) is 5.91 Å². The smallest absolute Gasteiger partial charge is 0.220 e. The first-order chi connectivity index (χ1) is 7.74. The fourth-order valence-corrected chi connectivity index (χ4v) is 2.56. The highest BCUT2D eigenvalue weighted by molar-refractivity contribution is 5.85. The summed E-state index contributed by atoms with van der Waals surface area (Å²) >= 11 is 0. The molecular weight excluding hydrogens is 236 g/mol. The minimum Gasteiger partial charge on any atom is -0.356 e. The lowest BCUT2D eigenvalue weighted by molar-refractivity contribution is -0.122. The van der Waals surface area contributed by atoms with Crippen molar-refractivity contribution in [3.05, 3.63) is 0 Å². The van der Waals surface area contributed by atoms with Gasteiger partial charge in [-0.05, 0) is 24.8 Å². The number of amides is 1. The molecular formula is C13H27ClN2O. The van der Waals surface area contributed by atoms with E-state index in [9.17, 15) is 4.79 Å². The third kappa shape index (κ3) is 6.89.